The van der Waals surface area contributed by atoms with Crippen molar-refractivity contribution in [1.82, 2.24) is 9.97 Å². The second-order valence-electron chi connectivity index (χ2n) is 10.6. The molecule has 38 heavy (non-hydrogen) atoms. The van der Waals surface area contributed by atoms with Crippen LogP contribution >= 0.6 is 0 Å². The maximum atomic E-state index is 13.6. The molecule has 1 saturated heterocycles. The largest absolute Gasteiger partial charge is 0.373 e. The number of piperidine rings is 1. The highest BCUT2D eigenvalue weighted by molar-refractivity contribution is 6.00. The Bertz CT molecular complexity index is 1410. The van der Waals surface area contributed by atoms with E-state index in [1.165, 1.54) is 5.56 Å². The standard InChI is InChI=1S/C32H37N5O/c1-22(2)32(38)37(21-24-14-16-36(17-15-24)26-12-13-30(33-4)34-20-26)31-19-28(25-9-7-8-23(3)18-25)27-10-5-6-11-29(27)35-31/h5-13,18-20,22,24H,14-17,21H2,1-4H3,(H,33,34). The van der Waals surface area contributed by atoms with Crippen LogP contribution in [0.25, 0.3) is 22.0 Å². The topological polar surface area (TPSA) is 61.4 Å². The molecule has 1 N–H and O–H groups in total. The molecule has 0 spiro atoms. The number of nitrogens with one attached hydrogen (secondary N) is 1. The SMILES string of the molecule is CNc1ccc(N2CCC(CN(C(=O)C(C)C)c3cc(-c4cccc(C)c4)c4ccccc4n3)CC2)cn1. The van der Waals surface area contributed by atoms with E-state index >= 15 is 0 Å². The lowest BCUT2D eigenvalue weighted by Crippen LogP contribution is -2.42. The van der Waals surface area contributed by atoms with Crippen LogP contribution < -0.4 is 15.1 Å². The lowest BCUT2D eigenvalue weighted by Gasteiger charge is -2.36. The molecule has 6 heteroatoms. The molecule has 0 bridgehead atoms. The number of aromatic nitrogens is 2. The van der Waals surface area contributed by atoms with Gasteiger partial charge in [0.15, 0.2) is 0 Å². The Hall–Kier alpha value is -3.93. The number of pyridine rings is 2. The number of rotatable bonds is 7. The van der Waals surface area contributed by atoms with Crippen molar-refractivity contribution in [2.24, 2.45) is 11.8 Å². The van der Waals surface area contributed by atoms with E-state index in [0.29, 0.717) is 12.5 Å². The zero-order valence-corrected chi connectivity index (χ0v) is 22.8. The van der Waals surface area contributed by atoms with Crippen molar-refractivity contribution in [1.29, 1.82) is 0 Å². The number of nitrogens with zero attached hydrogens (tertiary/aromatic N) is 4. The van der Waals surface area contributed by atoms with Crippen LogP contribution in [-0.2, 0) is 4.79 Å². The molecule has 2 aromatic carbocycles. The Kier molecular flexibility index (Phi) is 7.59. The van der Waals surface area contributed by atoms with Crippen LogP contribution in [0, 0.1) is 18.8 Å². The summed E-state index contributed by atoms with van der Waals surface area (Å²) in [7, 11) is 1.88. The van der Waals surface area contributed by atoms with Gasteiger partial charge in [0, 0.05) is 38.0 Å². The molecule has 2 aromatic heterocycles. The molecule has 0 aliphatic carbocycles. The number of amides is 1. The zero-order valence-electron chi connectivity index (χ0n) is 22.8. The summed E-state index contributed by atoms with van der Waals surface area (Å²) < 4.78 is 0. The normalized spacial score (nSPS) is 14.2. The van der Waals surface area contributed by atoms with E-state index in [4.69, 9.17) is 4.98 Å². The van der Waals surface area contributed by atoms with Gasteiger partial charge in [-0.15, -0.1) is 0 Å². The third-order valence-corrected chi connectivity index (χ3v) is 7.49. The number of carbonyl (C=O) groups excluding carboxylic acids is 1. The molecular formula is C32H37N5O. The molecule has 0 atom stereocenters. The van der Waals surface area contributed by atoms with E-state index in [1.54, 1.807) is 0 Å². The van der Waals surface area contributed by atoms with E-state index in [9.17, 15) is 4.79 Å². The first kappa shape index (κ1) is 25.7. The number of anilines is 3. The molecule has 6 nitrogen and oxygen atoms in total. The minimum absolute atomic E-state index is 0.109. The van der Waals surface area contributed by atoms with Gasteiger partial charge in [0.25, 0.3) is 0 Å². The number of hydrogen-bond donors (Lipinski definition) is 1. The summed E-state index contributed by atoms with van der Waals surface area (Å²) in [6.45, 7) is 8.65. The molecule has 5 rings (SSSR count). The van der Waals surface area contributed by atoms with Gasteiger partial charge in [-0.1, -0.05) is 61.9 Å². The van der Waals surface area contributed by atoms with Crippen LogP contribution in [-0.4, -0.2) is 42.6 Å². The summed E-state index contributed by atoms with van der Waals surface area (Å²) in [5.41, 5.74) is 5.53. The van der Waals surface area contributed by atoms with Crippen molar-refractivity contribution < 1.29 is 4.79 Å². The third kappa shape index (κ3) is 5.49. The van der Waals surface area contributed by atoms with Crippen molar-refractivity contribution in [2.45, 2.75) is 33.6 Å². The Balaban J connectivity index is 1.42. The number of hydrogen-bond acceptors (Lipinski definition) is 5. The average molecular weight is 508 g/mol. The van der Waals surface area contributed by atoms with Gasteiger partial charge in [-0.3, -0.25) is 9.69 Å². The van der Waals surface area contributed by atoms with Gasteiger partial charge in [-0.05, 0) is 61.1 Å². The van der Waals surface area contributed by atoms with E-state index in [1.807, 2.05) is 50.2 Å². The third-order valence-electron chi connectivity index (χ3n) is 7.49. The first-order chi connectivity index (χ1) is 18.4. The molecule has 1 aliphatic rings. The van der Waals surface area contributed by atoms with Crippen LogP contribution in [0.2, 0.25) is 0 Å². The van der Waals surface area contributed by atoms with Crippen LogP contribution in [0.3, 0.4) is 0 Å². The van der Waals surface area contributed by atoms with Crippen LogP contribution in [0.5, 0.6) is 0 Å². The lowest BCUT2D eigenvalue weighted by atomic mass is 9.95. The molecule has 0 unspecified atom stereocenters. The number of fused-ring (bicyclic) bond motifs is 1. The summed E-state index contributed by atoms with van der Waals surface area (Å²) in [5.74, 6) is 2.04. The minimum Gasteiger partial charge on any atom is -0.373 e. The summed E-state index contributed by atoms with van der Waals surface area (Å²) in [6.07, 6.45) is 3.98. The van der Waals surface area contributed by atoms with Gasteiger partial charge < -0.3 is 10.2 Å². The number of benzene rings is 2. The Morgan fingerprint density at radius 3 is 2.53 bits per heavy atom. The van der Waals surface area contributed by atoms with Crippen LogP contribution in [0.1, 0.15) is 32.3 Å². The highest BCUT2D eigenvalue weighted by Crippen LogP contribution is 2.33. The molecule has 1 fully saturated rings. The van der Waals surface area contributed by atoms with Crippen molar-refractivity contribution in [2.75, 3.05) is 41.8 Å². The lowest BCUT2D eigenvalue weighted by molar-refractivity contribution is -0.121. The highest BCUT2D eigenvalue weighted by atomic mass is 16.2. The predicted molar refractivity (Wildman–Crippen MR) is 158 cm³/mol. The maximum absolute atomic E-state index is 13.6. The Morgan fingerprint density at radius 2 is 1.84 bits per heavy atom. The fraction of sp³-hybridized carbons (Fsp3) is 0.344. The van der Waals surface area contributed by atoms with E-state index in [-0.39, 0.29) is 11.8 Å². The Morgan fingerprint density at radius 1 is 1.05 bits per heavy atom. The molecule has 4 aromatic rings. The number of carbonyl (C=O) groups is 1. The van der Waals surface area contributed by atoms with E-state index < -0.39 is 0 Å². The molecule has 0 saturated carbocycles. The summed E-state index contributed by atoms with van der Waals surface area (Å²) in [6, 6.07) is 23.0. The van der Waals surface area contributed by atoms with Gasteiger partial charge >= 0.3 is 0 Å². The molecule has 1 aliphatic heterocycles. The molecule has 3 heterocycles. The smallest absolute Gasteiger partial charge is 0.230 e. The minimum atomic E-state index is -0.109. The molecule has 0 radical (unpaired) electrons. The number of aryl methyl sites for hydroxylation is 1. The predicted octanol–water partition coefficient (Wildman–Crippen LogP) is 6.55. The van der Waals surface area contributed by atoms with Crippen molar-refractivity contribution in [3.8, 4) is 11.1 Å². The van der Waals surface area contributed by atoms with E-state index in [0.717, 1.165) is 65.3 Å². The van der Waals surface area contributed by atoms with Crippen molar-refractivity contribution in [3.05, 3.63) is 78.5 Å². The Labute approximate surface area is 225 Å². The maximum Gasteiger partial charge on any atom is 0.230 e. The van der Waals surface area contributed by atoms with Gasteiger partial charge in [0.1, 0.15) is 11.6 Å². The number of para-hydroxylation sites is 1. The van der Waals surface area contributed by atoms with Crippen molar-refractivity contribution in [3.63, 3.8) is 0 Å². The molecule has 196 valence electrons. The van der Waals surface area contributed by atoms with Crippen LogP contribution in [0.15, 0.2) is 72.9 Å². The summed E-state index contributed by atoms with van der Waals surface area (Å²) in [4.78, 5) is 27.4. The van der Waals surface area contributed by atoms with Gasteiger partial charge in [0.05, 0.1) is 17.4 Å². The zero-order chi connectivity index (χ0) is 26.6. The van der Waals surface area contributed by atoms with Gasteiger partial charge in [-0.2, -0.15) is 0 Å². The first-order valence-corrected chi connectivity index (χ1v) is 13.6. The second kappa shape index (κ2) is 11.2. The first-order valence-electron chi connectivity index (χ1n) is 13.6. The summed E-state index contributed by atoms with van der Waals surface area (Å²) >= 11 is 0. The molecular weight excluding hydrogens is 470 g/mol. The quantitative estimate of drug-likeness (QED) is 0.307. The van der Waals surface area contributed by atoms with Gasteiger partial charge in [-0.25, -0.2) is 9.97 Å². The monoisotopic (exact) mass is 507 g/mol. The van der Waals surface area contributed by atoms with Gasteiger partial charge in [0.2, 0.25) is 5.91 Å². The molecule has 1 amide bonds. The second-order valence-corrected chi connectivity index (χ2v) is 10.6. The van der Waals surface area contributed by atoms with Crippen molar-refractivity contribution >= 4 is 34.1 Å². The van der Waals surface area contributed by atoms with Crippen LogP contribution in [0.4, 0.5) is 17.3 Å². The fourth-order valence-electron chi connectivity index (χ4n) is 5.31. The summed E-state index contributed by atoms with van der Waals surface area (Å²) in [5, 5.41) is 4.18. The van der Waals surface area contributed by atoms with E-state index in [2.05, 4.69) is 70.7 Å². The average Bonchev–Trinajstić information content (AvgIpc) is 2.95. The fourth-order valence-corrected chi connectivity index (χ4v) is 5.31. The highest BCUT2D eigenvalue weighted by Gasteiger charge is 2.27.